The molecule has 0 aliphatic heterocycles. The summed E-state index contributed by atoms with van der Waals surface area (Å²) in [6.45, 7) is 3.33. The predicted molar refractivity (Wildman–Crippen MR) is 98.6 cm³/mol. The van der Waals surface area contributed by atoms with E-state index in [2.05, 4.69) is 15.3 Å². The van der Waals surface area contributed by atoms with E-state index in [1.165, 1.54) is 0 Å². The molecule has 0 spiro atoms. The Morgan fingerprint density at radius 3 is 2.56 bits per heavy atom. The highest BCUT2D eigenvalue weighted by Gasteiger charge is 2.21. The quantitative estimate of drug-likeness (QED) is 0.751. The normalized spacial score (nSPS) is 11.5. The van der Waals surface area contributed by atoms with Crippen molar-refractivity contribution in [2.24, 2.45) is 0 Å². The van der Waals surface area contributed by atoms with Gasteiger partial charge in [-0.05, 0) is 43.7 Å². The van der Waals surface area contributed by atoms with Crippen LogP contribution in [-0.4, -0.2) is 33.1 Å². The first-order chi connectivity index (χ1) is 11.9. The van der Waals surface area contributed by atoms with E-state index in [0.29, 0.717) is 10.5 Å². The second kappa shape index (κ2) is 6.78. The van der Waals surface area contributed by atoms with E-state index in [-0.39, 0.29) is 18.2 Å². The molecule has 0 bridgehead atoms. The van der Waals surface area contributed by atoms with Crippen molar-refractivity contribution in [1.29, 1.82) is 0 Å². The smallest absolute Gasteiger partial charge is 0.270 e. The van der Waals surface area contributed by atoms with Gasteiger partial charge in [0.1, 0.15) is 5.69 Å². The standard InChI is InChI=1S/C19H18ClN3O2/c1-19(2,11-24)23-18(25)16-8-5-13-9-21-10-15(17(13)22-16)12-3-6-14(20)7-4-12/h3-10,24H,11H2,1-2H3,(H,23,25). The largest absolute Gasteiger partial charge is 0.394 e. The lowest BCUT2D eigenvalue weighted by Gasteiger charge is -2.23. The number of halogens is 1. The first kappa shape index (κ1) is 17.3. The second-order valence-electron chi connectivity index (χ2n) is 6.46. The minimum absolute atomic E-state index is 0.160. The minimum Gasteiger partial charge on any atom is -0.394 e. The Kier molecular flexibility index (Phi) is 4.70. The highest BCUT2D eigenvalue weighted by atomic mass is 35.5. The zero-order chi connectivity index (χ0) is 18.0. The summed E-state index contributed by atoms with van der Waals surface area (Å²) in [7, 11) is 0. The number of hydrogen-bond acceptors (Lipinski definition) is 4. The van der Waals surface area contributed by atoms with Crippen molar-refractivity contribution in [2.75, 3.05) is 6.61 Å². The van der Waals surface area contributed by atoms with E-state index in [1.807, 2.05) is 18.2 Å². The Bertz CT molecular complexity index is 924. The molecule has 1 aromatic carbocycles. The summed E-state index contributed by atoms with van der Waals surface area (Å²) in [6, 6.07) is 10.9. The third kappa shape index (κ3) is 3.78. The molecule has 0 atom stereocenters. The van der Waals surface area contributed by atoms with Gasteiger partial charge >= 0.3 is 0 Å². The molecule has 0 fully saturated rings. The van der Waals surface area contributed by atoms with Crippen molar-refractivity contribution in [2.45, 2.75) is 19.4 Å². The molecule has 0 saturated carbocycles. The van der Waals surface area contributed by atoms with Gasteiger partial charge in [0.15, 0.2) is 0 Å². The van der Waals surface area contributed by atoms with Gasteiger partial charge in [0.2, 0.25) is 0 Å². The van der Waals surface area contributed by atoms with E-state index in [9.17, 15) is 9.90 Å². The van der Waals surface area contributed by atoms with Crippen molar-refractivity contribution >= 4 is 28.4 Å². The van der Waals surface area contributed by atoms with E-state index in [1.54, 1.807) is 44.4 Å². The molecule has 5 nitrogen and oxygen atoms in total. The van der Waals surface area contributed by atoms with Crippen molar-refractivity contribution < 1.29 is 9.90 Å². The first-order valence-electron chi connectivity index (χ1n) is 7.84. The van der Waals surface area contributed by atoms with E-state index < -0.39 is 5.54 Å². The number of carbonyl (C=O) groups is 1. The SMILES string of the molecule is CC(C)(CO)NC(=O)c1ccc2cncc(-c3ccc(Cl)cc3)c2n1. The maximum atomic E-state index is 12.4. The van der Waals surface area contributed by atoms with Gasteiger partial charge in [0, 0.05) is 28.4 Å². The molecule has 0 unspecified atom stereocenters. The van der Waals surface area contributed by atoms with Crippen molar-refractivity contribution in [3.8, 4) is 11.1 Å². The van der Waals surface area contributed by atoms with Gasteiger partial charge in [-0.25, -0.2) is 4.98 Å². The van der Waals surface area contributed by atoms with Crippen LogP contribution in [0.2, 0.25) is 5.02 Å². The van der Waals surface area contributed by atoms with Gasteiger partial charge in [-0.1, -0.05) is 23.7 Å². The molecule has 3 rings (SSSR count). The number of rotatable bonds is 4. The number of nitrogens with one attached hydrogen (secondary N) is 1. The van der Waals surface area contributed by atoms with Gasteiger partial charge in [0.05, 0.1) is 17.7 Å². The number of amides is 1. The Morgan fingerprint density at radius 2 is 1.88 bits per heavy atom. The Hall–Kier alpha value is -2.50. The maximum absolute atomic E-state index is 12.4. The van der Waals surface area contributed by atoms with Crippen LogP contribution in [-0.2, 0) is 0 Å². The van der Waals surface area contributed by atoms with Crippen LogP contribution in [0.5, 0.6) is 0 Å². The minimum atomic E-state index is -0.717. The maximum Gasteiger partial charge on any atom is 0.270 e. The average molecular weight is 356 g/mol. The topological polar surface area (TPSA) is 75.1 Å². The summed E-state index contributed by atoms with van der Waals surface area (Å²) in [5, 5.41) is 13.6. The van der Waals surface area contributed by atoms with Gasteiger partial charge in [0.25, 0.3) is 5.91 Å². The molecule has 0 saturated heterocycles. The summed E-state index contributed by atoms with van der Waals surface area (Å²) in [5.41, 5.74) is 2.00. The number of aliphatic hydroxyl groups is 1. The molecule has 6 heteroatoms. The Balaban J connectivity index is 2.06. The molecular formula is C19H18ClN3O2. The average Bonchev–Trinajstić information content (AvgIpc) is 2.61. The zero-order valence-electron chi connectivity index (χ0n) is 14.0. The van der Waals surface area contributed by atoms with Crippen LogP contribution in [0.25, 0.3) is 22.0 Å². The highest BCUT2D eigenvalue weighted by molar-refractivity contribution is 6.30. The predicted octanol–water partition coefficient (Wildman–Crippen LogP) is 3.45. The Morgan fingerprint density at radius 1 is 1.16 bits per heavy atom. The van der Waals surface area contributed by atoms with Gasteiger partial charge in [-0.3, -0.25) is 9.78 Å². The van der Waals surface area contributed by atoms with Gasteiger partial charge in [-0.2, -0.15) is 0 Å². The first-order valence-corrected chi connectivity index (χ1v) is 8.21. The number of aliphatic hydroxyl groups excluding tert-OH is 1. The summed E-state index contributed by atoms with van der Waals surface area (Å²) < 4.78 is 0. The van der Waals surface area contributed by atoms with Crippen molar-refractivity contribution in [3.63, 3.8) is 0 Å². The van der Waals surface area contributed by atoms with Crippen LogP contribution < -0.4 is 5.32 Å². The molecule has 3 aromatic rings. The fourth-order valence-corrected chi connectivity index (χ4v) is 2.55. The molecular weight excluding hydrogens is 338 g/mol. The molecule has 2 N–H and O–H groups in total. The summed E-state index contributed by atoms with van der Waals surface area (Å²) in [4.78, 5) is 21.2. The number of carbonyl (C=O) groups excluding carboxylic acids is 1. The zero-order valence-corrected chi connectivity index (χ0v) is 14.7. The number of benzene rings is 1. The van der Waals surface area contributed by atoms with E-state index >= 15 is 0 Å². The molecule has 128 valence electrons. The van der Waals surface area contributed by atoms with Crippen LogP contribution in [0.3, 0.4) is 0 Å². The highest BCUT2D eigenvalue weighted by Crippen LogP contribution is 2.27. The summed E-state index contributed by atoms with van der Waals surface area (Å²) in [6.07, 6.45) is 3.43. The fraction of sp³-hybridized carbons (Fsp3) is 0.211. The molecule has 2 aromatic heterocycles. The van der Waals surface area contributed by atoms with Crippen molar-refractivity contribution in [1.82, 2.24) is 15.3 Å². The van der Waals surface area contributed by atoms with Crippen LogP contribution in [0.15, 0.2) is 48.8 Å². The number of pyridine rings is 2. The molecule has 0 radical (unpaired) electrons. The number of nitrogens with zero attached hydrogens (tertiary/aromatic N) is 2. The third-order valence-electron chi connectivity index (χ3n) is 3.83. The molecule has 0 aliphatic carbocycles. The molecule has 25 heavy (non-hydrogen) atoms. The van der Waals surface area contributed by atoms with E-state index in [4.69, 9.17) is 11.6 Å². The summed E-state index contributed by atoms with van der Waals surface area (Å²) in [5.74, 6) is -0.334. The number of hydrogen-bond donors (Lipinski definition) is 2. The Labute approximate surface area is 150 Å². The van der Waals surface area contributed by atoms with Crippen LogP contribution in [0, 0.1) is 0 Å². The van der Waals surface area contributed by atoms with Crippen molar-refractivity contribution in [3.05, 3.63) is 59.5 Å². The number of aromatic nitrogens is 2. The van der Waals surface area contributed by atoms with Gasteiger partial charge < -0.3 is 10.4 Å². The van der Waals surface area contributed by atoms with Crippen LogP contribution >= 0.6 is 11.6 Å². The third-order valence-corrected chi connectivity index (χ3v) is 4.09. The van der Waals surface area contributed by atoms with E-state index in [0.717, 1.165) is 16.5 Å². The molecule has 2 heterocycles. The monoisotopic (exact) mass is 355 g/mol. The number of fused-ring (bicyclic) bond motifs is 1. The fourth-order valence-electron chi connectivity index (χ4n) is 2.42. The molecule has 1 amide bonds. The molecule has 0 aliphatic rings. The lowest BCUT2D eigenvalue weighted by Crippen LogP contribution is -2.46. The second-order valence-corrected chi connectivity index (χ2v) is 6.89. The van der Waals surface area contributed by atoms with Crippen LogP contribution in [0.4, 0.5) is 0 Å². The summed E-state index contributed by atoms with van der Waals surface area (Å²) >= 11 is 5.95. The lowest BCUT2D eigenvalue weighted by molar-refractivity contribution is 0.0864. The van der Waals surface area contributed by atoms with Crippen LogP contribution in [0.1, 0.15) is 24.3 Å². The lowest BCUT2D eigenvalue weighted by atomic mass is 10.0. The van der Waals surface area contributed by atoms with Gasteiger partial charge in [-0.15, -0.1) is 0 Å².